The number of rotatable bonds is 6. The molecular weight excluding hydrogens is 422 g/mol. The van der Waals surface area contributed by atoms with E-state index in [9.17, 15) is 15.3 Å². The molecule has 1 saturated carbocycles. The van der Waals surface area contributed by atoms with Crippen molar-refractivity contribution in [2.45, 2.75) is 112 Å². The lowest BCUT2D eigenvalue weighted by molar-refractivity contribution is -0.307. The summed E-state index contributed by atoms with van der Waals surface area (Å²) in [6.07, 6.45) is -4.58. The Labute approximate surface area is 188 Å². The van der Waals surface area contributed by atoms with E-state index in [0.29, 0.717) is 12.8 Å². The van der Waals surface area contributed by atoms with Crippen molar-refractivity contribution in [3.63, 3.8) is 0 Å². The second-order valence-corrected chi connectivity index (χ2v) is 9.69. The van der Waals surface area contributed by atoms with Crippen LogP contribution in [0.1, 0.15) is 33.1 Å². The first-order valence-electron chi connectivity index (χ1n) is 11.3. The van der Waals surface area contributed by atoms with Gasteiger partial charge in [-0.15, -0.1) is 0 Å². The van der Waals surface area contributed by atoms with Gasteiger partial charge in [-0.05, 0) is 40.2 Å². The molecule has 3 aliphatic rings. The topological polar surface area (TPSA) is 214 Å². The Kier molecular flexibility index (Phi) is 8.51. The Morgan fingerprint density at radius 1 is 1.00 bits per heavy atom. The molecule has 3 rings (SSSR count). The summed E-state index contributed by atoms with van der Waals surface area (Å²) in [6, 6.07) is -2.47. The molecular formula is C20H41N5O7. The van der Waals surface area contributed by atoms with E-state index >= 15 is 0 Å². The Bertz CT molecular complexity index is 615. The zero-order valence-corrected chi connectivity index (χ0v) is 19.0. The molecule has 0 spiro atoms. The van der Waals surface area contributed by atoms with Gasteiger partial charge in [0.2, 0.25) is 0 Å². The summed E-state index contributed by atoms with van der Waals surface area (Å²) < 4.78 is 23.4. The zero-order valence-electron chi connectivity index (χ0n) is 19.0. The van der Waals surface area contributed by atoms with Crippen LogP contribution in [-0.2, 0) is 18.9 Å². The van der Waals surface area contributed by atoms with Gasteiger partial charge in [0, 0.05) is 18.1 Å². The van der Waals surface area contributed by atoms with E-state index in [-0.39, 0.29) is 24.8 Å². The fourth-order valence-electron chi connectivity index (χ4n) is 4.87. The highest BCUT2D eigenvalue weighted by atomic mass is 16.7. The van der Waals surface area contributed by atoms with Crippen LogP contribution in [0.5, 0.6) is 0 Å². The third-order valence-corrected chi connectivity index (χ3v) is 6.81. The lowest BCUT2D eigenvalue weighted by atomic mass is 9.84. The van der Waals surface area contributed by atoms with E-state index in [0.717, 1.165) is 6.42 Å². The SMILES string of the molecule is CN[C@@H]1[C@H](O)[C@@H](O[C@@H]2[C@H](O)[C@H](O[C@H]3O[C@H](C(C)N)CC[C@H]3N)[C@@H](N)C[C@H]2N)OC[C@]1(C)O. The summed E-state index contributed by atoms with van der Waals surface area (Å²) in [7, 11) is 1.62. The van der Waals surface area contributed by atoms with Crippen LogP contribution in [0.4, 0.5) is 0 Å². The van der Waals surface area contributed by atoms with Gasteiger partial charge >= 0.3 is 0 Å². The maximum Gasteiger partial charge on any atom is 0.185 e. The number of nitrogens with one attached hydrogen (secondary N) is 1. The molecule has 12 N–H and O–H groups in total. The first-order valence-corrected chi connectivity index (χ1v) is 11.3. The molecule has 0 aromatic carbocycles. The number of likely N-dealkylation sites (N-methyl/N-ethyl adjacent to an activating group) is 1. The molecule has 0 bridgehead atoms. The van der Waals surface area contributed by atoms with Crippen molar-refractivity contribution in [3.05, 3.63) is 0 Å². The van der Waals surface area contributed by atoms with Crippen molar-refractivity contribution in [2.75, 3.05) is 13.7 Å². The van der Waals surface area contributed by atoms with E-state index in [1.807, 2.05) is 6.92 Å². The molecule has 1 aliphatic carbocycles. The molecule has 0 aromatic rings. The van der Waals surface area contributed by atoms with Gasteiger partial charge in [0.15, 0.2) is 12.6 Å². The van der Waals surface area contributed by atoms with Crippen LogP contribution < -0.4 is 28.3 Å². The molecule has 32 heavy (non-hydrogen) atoms. The van der Waals surface area contributed by atoms with Gasteiger partial charge in [-0.3, -0.25) is 0 Å². The predicted molar refractivity (Wildman–Crippen MR) is 115 cm³/mol. The molecule has 12 nitrogen and oxygen atoms in total. The summed E-state index contributed by atoms with van der Waals surface area (Å²) in [5.41, 5.74) is 23.3. The summed E-state index contributed by atoms with van der Waals surface area (Å²) in [6.45, 7) is 3.34. The maximum absolute atomic E-state index is 11.1. The monoisotopic (exact) mass is 463 g/mol. The minimum atomic E-state index is -1.29. The molecule has 2 saturated heterocycles. The fraction of sp³-hybridized carbons (Fsp3) is 1.00. The van der Waals surface area contributed by atoms with Gasteiger partial charge < -0.3 is 62.5 Å². The van der Waals surface area contributed by atoms with E-state index in [1.54, 1.807) is 14.0 Å². The van der Waals surface area contributed by atoms with Gasteiger partial charge in [0.1, 0.15) is 30.0 Å². The average Bonchev–Trinajstić information content (AvgIpc) is 2.71. The maximum atomic E-state index is 11.1. The van der Waals surface area contributed by atoms with Gasteiger partial charge in [0.25, 0.3) is 0 Å². The number of nitrogens with two attached hydrogens (primary N) is 4. The highest BCUT2D eigenvalue weighted by molar-refractivity contribution is 5.02. The quantitative estimate of drug-likeness (QED) is 0.192. The van der Waals surface area contributed by atoms with Crippen molar-refractivity contribution in [2.24, 2.45) is 22.9 Å². The molecule has 0 aromatic heterocycles. The van der Waals surface area contributed by atoms with E-state index in [4.69, 9.17) is 41.9 Å². The molecule has 1 unspecified atom stereocenters. The largest absolute Gasteiger partial charge is 0.388 e. The number of aliphatic hydroxyl groups excluding tert-OH is 2. The van der Waals surface area contributed by atoms with E-state index in [1.165, 1.54) is 0 Å². The highest BCUT2D eigenvalue weighted by Gasteiger charge is 2.50. The molecule has 3 fully saturated rings. The van der Waals surface area contributed by atoms with Gasteiger partial charge in [-0.2, -0.15) is 0 Å². The second kappa shape index (κ2) is 10.4. The first-order chi connectivity index (χ1) is 15.0. The van der Waals surface area contributed by atoms with Crippen molar-refractivity contribution in [1.82, 2.24) is 5.32 Å². The molecule has 0 radical (unpaired) electrons. The van der Waals surface area contributed by atoms with Gasteiger partial charge in [-0.1, -0.05) is 0 Å². The minimum Gasteiger partial charge on any atom is -0.388 e. The summed E-state index contributed by atoms with van der Waals surface area (Å²) in [5.74, 6) is 0. The van der Waals surface area contributed by atoms with Crippen molar-refractivity contribution in [1.29, 1.82) is 0 Å². The summed E-state index contributed by atoms with van der Waals surface area (Å²) in [4.78, 5) is 0. The molecule has 2 heterocycles. The number of hydrogen-bond acceptors (Lipinski definition) is 12. The van der Waals surface area contributed by atoms with E-state index in [2.05, 4.69) is 5.32 Å². The molecule has 0 amide bonds. The lowest BCUT2D eigenvalue weighted by Gasteiger charge is -2.48. The van der Waals surface area contributed by atoms with E-state index < -0.39 is 60.7 Å². The molecule has 2 aliphatic heterocycles. The van der Waals surface area contributed by atoms with Crippen molar-refractivity contribution < 1.29 is 34.3 Å². The molecule has 12 heteroatoms. The molecule has 188 valence electrons. The highest BCUT2D eigenvalue weighted by Crippen LogP contribution is 2.31. The van der Waals surface area contributed by atoms with Gasteiger partial charge in [-0.25, -0.2) is 0 Å². The van der Waals surface area contributed by atoms with Crippen LogP contribution in [0, 0.1) is 0 Å². The minimum absolute atomic E-state index is 0.0683. The summed E-state index contributed by atoms with van der Waals surface area (Å²) >= 11 is 0. The third kappa shape index (κ3) is 5.43. The lowest BCUT2D eigenvalue weighted by Crippen LogP contribution is -2.68. The molecule has 13 atom stereocenters. The smallest absolute Gasteiger partial charge is 0.185 e. The fourth-order valence-corrected chi connectivity index (χ4v) is 4.87. The Morgan fingerprint density at radius 2 is 1.59 bits per heavy atom. The Hall–Kier alpha value is -0.480. The standard InChI is InChI=1S/C20H41N5O7/c1-8(21)12-5-4-9(22)18(30-12)31-15-10(23)6-11(24)16(13(15)26)32-19-14(27)17(25-3)20(2,28)7-29-19/h8-19,25-28H,4-7,21-24H2,1-3H3/t8?,9-,10+,11-,12+,13-,14+,15-,16+,17-,18-,19-,20+/m1/s1. The van der Waals surface area contributed by atoms with Crippen LogP contribution in [0.25, 0.3) is 0 Å². The predicted octanol–water partition coefficient (Wildman–Crippen LogP) is -3.59. The van der Waals surface area contributed by atoms with Crippen LogP contribution in [0.2, 0.25) is 0 Å². The Balaban J connectivity index is 1.69. The van der Waals surface area contributed by atoms with Crippen molar-refractivity contribution >= 4 is 0 Å². The van der Waals surface area contributed by atoms with Crippen molar-refractivity contribution in [3.8, 4) is 0 Å². The van der Waals surface area contributed by atoms with Crippen LogP contribution in [0.15, 0.2) is 0 Å². The van der Waals surface area contributed by atoms with Crippen LogP contribution in [0.3, 0.4) is 0 Å². The van der Waals surface area contributed by atoms with Gasteiger partial charge in [0.05, 0.1) is 24.8 Å². The average molecular weight is 464 g/mol. The number of hydrogen-bond donors (Lipinski definition) is 8. The van der Waals surface area contributed by atoms with Crippen LogP contribution in [-0.4, -0.2) is 108 Å². The zero-order chi connectivity index (χ0) is 23.8. The number of aliphatic hydroxyl groups is 3. The first kappa shape index (κ1) is 26.1. The van der Waals surface area contributed by atoms with Crippen LogP contribution >= 0.6 is 0 Å². The summed E-state index contributed by atoms with van der Waals surface area (Å²) in [5, 5.41) is 35.0. The number of ether oxygens (including phenoxy) is 4. The third-order valence-electron chi connectivity index (χ3n) is 6.81. The second-order valence-electron chi connectivity index (χ2n) is 9.69. The normalized spacial score (nSPS) is 51.4. The Morgan fingerprint density at radius 3 is 2.16 bits per heavy atom.